The van der Waals surface area contributed by atoms with E-state index in [-0.39, 0.29) is 12.1 Å². The molecule has 1 aromatic carbocycles. The highest BCUT2D eigenvalue weighted by atomic mass is 35.5. The summed E-state index contributed by atoms with van der Waals surface area (Å²) in [6.45, 7) is 2.08. The van der Waals surface area contributed by atoms with E-state index in [9.17, 15) is 0 Å². The second kappa shape index (κ2) is 4.39. The second-order valence-corrected chi connectivity index (χ2v) is 3.93. The Bertz CT molecular complexity index is 356. The maximum atomic E-state index is 6.06. The van der Waals surface area contributed by atoms with Gasteiger partial charge in [0, 0.05) is 5.56 Å². The molecule has 3 nitrogen and oxygen atoms in total. The summed E-state index contributed by atoms with van der Waals surface area (Å²) >= 11 is 6.06. The van der Waals surface area contributed by atoms with Crippen LogP contribution < -0.4 is 10.2 Å². The quantitative estimate of drug-likeness (QED) is 0.806. The Morgan fingerprint density at radius 3 is 3.00 bits per heavy atom. The number of hydroxylamine groups is 1. The van der Waals surface area contributed by atoms with Gasteiger partial charge in [0.25, 0.3) is 0 Å². The number of halogens is 1. The summed E-state index contributed by atoms with van der Waals surface area (Å²) in [7, 11) is 1.61. The smallest absolute Gasteiger partial charge is 0.143 e. The standard InChI is InChI=1S/C11H14ClNO2/c1-3-9-10(13-14-2)7-5-4-6-8(12)11(7)15-9/h4-6,9-10,13H,3H2,1-2H3. The molecule has 0 saturated carbocycles. The van der Waals surface area contributed by atoms with Crippen LogP contribution in [0.25, 0.3) is 0 Å². The molecular formula is C11H14ClNO2. The van der Waals surface area contributed by atoms with Crippen molar-refractivity contribution in [2.75, 3.05) is 7.11 Å². The lowest BCUT2D eigenvalue weighted by molar-refractivity contribution is 0.0283. The van der Waals surface area contributed by atoms with E-state index in [4.69, 9.17) is 21.2 Å². The lowest BCUT2D eigenvalue weighted by Gasteiger charge is -2.17. The van der Waals surface area contributed by atoms with Gasteiger partial charge in [-0.15, -0.1) is 0 Å². The van der Waals surface area contributed by atoms with Gasteiger partial charge in [-0.2, -0.15) is 5.48 Å². The maximum absolute atomic E-state index is 6.06. The molecule has 0 fully saturated rings. The minimum absolute atomic E-state index is 0.0636. The van der Waals surface area contributed by atoms with E-state index < -0.39 is 0 Å². The molecule has 2 atom stereocenters. The van der Waals surface area contributed by atoms with Gasteiger partial charge in [-0.05, 0) is 12.5 Å². The molecule has 1 aliphatic rings. The van der Waals surface area contributed by atoms with Gasteiger partial charge in [-0.25, -0.2) is 0 Å². The van der Waals surface area contributed by atoms with E-state index in [1.165, 1.54) is 0 Å². The summed E-state index contributed by atoms with van der Waals surface area (Å²) < 4.78 is 5.78. The van der Waals surface area contributed by atoms with Crippen molar-refractivity contribution in [3.05, 3.63) is 28.8 Å². The summed E-state index contributed by atoms with van der Waals surface area (Å²) in [5.41, 5.74) is 4.01. The van der Waals surface area contributed by atoms with Crippen LogP contribution in [0.2, 0.25) is 5.02 Å². The summed E-state index contributed by atoms with van der Waals surface area (Å²) in [4.78, 5) is 4.98. The Hall–Kier alpha value is -0.770. The molecule has 0 spiro atoms. The lowest BCUT2D eigenvalue weighted by Crippen LogP contribution is -2.29. The number of benzene rings is 1. The van der Waals surface area contributed by atoms with Gasteiger partial charge in [0.1, 0.15) is 11.9 Å². The lowest BCUT2D eigenvalue weighted by atomic mass is 10.0. The van der Waals surface area contributed by atoms with Crippen LogP contribution in [0.4, 0.5) is 0 Å². The molecular weight excluding hydrogens is 214 g/mol. The van der Waals surface area contributed by atoms with Crippen LogP contribution in [-0.4, -0.2) is 13.2 Å². The molecule has 4 heteroatoms. The summed E-state index contributed by atoms with van der Waals surface area (Å²) in [5, 5.41) is 0.659. The highest BCUT2D eigenvalue weighted by Crippen LogP contribution is 2.42. The number of fused-ring (bicyclic) bond motifs is 1. The number of hydrogen-bond donors (Lipinski definition) is 1. The average Bonchev–Trinajstić information content (AvgIpc) is 2.59. The first-order valence-corrected chi connectivity index (χ1v) is 5.39. The molecule has 0 aliphatic carbocycles. The van der Waals surface area contributed by atoms with E-state index in [2.05, 4.69) is 12.4 Å². The van der Waals surface area contributed by atoms with Crippen molar-refractivity contribution < 1.29 is 9.57 Å². The predicted octanol–water partition coefficient (Wildman–Crippen LogP) is 2.70. The molecule has 2 rings (SSSR count). The van der Waals surface area contributed by atoms with Crippen LogP contribution >= 0.6 is 11.6 Å². The average molecular weight is 228 g/mol. The van der Waals surface area contributed by atoms with Crippen LogP contribution in [0.1, 0.15) is 24.9 Å². The first-order chi connectivity index (χ1) is 7.27. The zero-order valence-electron chi connectivity index (χ0n) is 8.79. The minimum Gasteiger partial charge on any atom is -0.486 e. The van der Waals surface area contributed by atoms with E-state index in [0.29, 0.717) is 5.02 Å². The third-order valence-electron chi connectivity index (χ3n) is 2.62. The van der Waals surface area contributed by atoms with Crippen molar-refractivity contribution in [1.82, 2.24) is 5.48 Å². The SMILES string of the molecule is CCC1Oc2c(Cl)cccc2C1NOC. The van der Waals surface area contributed by atoms with Gasteiger partial charge >= 0.3 is 0 Å². The molecule has 15 heavy (non-hydrogen) atoms. The highest BCUT2D eigenvalue weighted by molar-refractivity contribution is 6.32. The third-order valence-corrected chi connectivity index (χ3v) is 2.92. The maximum Gasteiger partial charge on any atom is 0.143 e. The predicted molar refractivity (Wildman–Crippen MR) is 59.0 cm³/mol. The normalized spacial score (nSPS) is 23.7. The fraction of sp³-hybridized carbons (Fsp3) is 0.455. The number of rotatable bonds is 3. The van der Waals surface area contributed by atoms with Gasteiger partial charge in [0.2, 0.25) is 0 Å². The van der Waals surface area contributed by atoms with Crippen LogP contribution in [0, 0.1) is 0 Å². The molecule has 1 aromatic rings. The monoisotopic (exact) mass is 227 g/mol. The van der Waals surface area contributed by atoms with E-state index in [1.54, 1.807) is 7.11 Å². The van der Waals surface area contributed by atoms with Gasteiger partial charge < -0.3 is 9.57 Å². The Balaban J connectivity index is 2.35. The van der Waals surface area contributed by atoms with E-state index in [0.717, 1.165) is 17.7 Å². The number of nitrogens with one attached hydrogen (secondary N) is 1. The third kappa shape index (κ3) is 1.83. The molecule has 82 valence electrons. The van der Waals surface area contributed by atoms with Crippen molar-refractivity contribution in [3.63, 3.8) is 0 Å². The fourth-order valence-corrected chi connectivity index (χ4v) is 2.13. The number of hydrogen-bond acceptors (Lipinski definition) is 3. The Labute approximate surface area is 94.3 Å². The number of para-hydroxylation sites is 1. The first-order valence-electron chi connectivity index (χ1n) is 5.01. The van der Waals surface area contributed by atoms with Crippen LogP contribution in [0.15, 0.2) is 18.2 Å². The zero-order chi connectivity index (χ0) is 10.8. The van der Waals surface area contributed by atoms with Crippen molar-refractivity contribution in [1.29, 1.82) is 0 Å². The van der Waals surface area contributed by atoms with Crippen molar-refractivity contribution >= 4 is 11.6 Å². The van der Waals surface area contributed by atoms with Gasteiger partial charge in [-0.1, -0.05) is 30.7 Å². The van der Waals surface area contributed by atoms with Crippen LogP contribution in [-0.2, 0) is 4.84 Å². The van der Waals surface area contributed by atoms with E-state index in [1.807, 2.05) is 18.2 Å². The van der Waals surface area contributed by atoms with E-state index >= 15 is 0 Å². The van der Waals surface area contributed by atoms with Gasteiger partial charge in [-0.3, -0.25) is 0 Å². The molecule has 2 unspecified atom stereocenters. The number of ether oxygens (including phenoxy) is 1. The molecule has 0 bridgehead atoms. The Morgan fingerprint density at radius 1 is 1.53 bits per heavy atom. The minimum atomic E-state index is 0.0636. The second-order valence-electron chi connectivity index (χ2n) is 3.52. The first kappa shape index (κ1) is 10.7. The Morgan fingerprint density at radius 2 is 2.33 bits per heavy atom. The molecule has 1 heterocycles. The summed E-state index contributed by atoms with van der Waals surface area (Å²) in [6.07, 6.45) is 0.992. The van der Waals surface area contributed by atoms with Crippen molar-refractivity contribution in [2.45, 2.75) is 25.5 Å². The van der Waals surface area contributed by atoms with Crippen LogP contribution in [0.5, 0.6) is 5.75 Å². The van der Waals surface area contributed by atoms with Crippen molar-refractivity contribution in [2.24, 2.45) is 0 Å². The molecule has 0 radical (unpaired) electrons. The van der Waals surface area contributed by atoms with Crippen molar-refractivity contribution in [3.8, 4) is 5.75 Å². The molecule has 0 saturated heterocycles. The summed E-state index contributed by atoms with van der Waals surface area (Å²) in [5.74, 6) is 0.778. The highest BCUT2D eigenvalue weighted by Gasteiger charge is 2.34. The molecule has 1 aliphatic heterocycles. The topological polar surface area (TPSA) is 30.5 Å². The molecule has 0 amide bonds. The largest absolute Gasteiger partial charge is 0.486 e. The van der Waals surface area contributed by atoms with Gasteiger partial charge in [0.15, 0.2) is 0 Å². The Kier molecular flexibility index (Phi) is 3.14. The zero-order valence-corrected chi connectivity index (χ0v) is 9.54. The van der Waals surface area contributed by atoms with Crippen LogP contribution in [0.3, 0.4) is 0 Å². The van der Waals surface area contributed by atoms with Gasteiger partial charge in [0.05, 0.1) is 18.2 Å². The summed E-state index contributed by atoms with van der Waals surface area (Å²) in [6, 6.07) is 5.83. The fourth-order valence-electron chi connectivity index (χ4n) is 1.90. The molecule has 1 N–H and O–H groups in total. The molecule has 0 aromatic heterocycles.